The van der Waals surface area contributed by atoms with Gasteiger partial charge < -0.3 is 10.6 Å². The molecule has 0 spiro atoms. The Morgan fingerprint density at radius 2 is 1.80 bits per heavy atom. The number of rotatable bonds is 7. The summed E-state index contributed by atoms with van der Waals surface area (Å²) in [4.78, 5) is 27.8. The number of nitrogens with one attached hydrogen (secondary N) is 2. The molecule has 3 rings (SSSR count). The number of aromatic nitrogens is 3. The minimum Gasteiger partial charge on any atom is -0.326 e. The van der Waals surface area contributed by atoms with Crippen molar-refractivity contribution < 1.29 is 18.0 Å². The van der Waals surface area contributed by atoms with Crippen molar-refractivity contribution in [2.24, 2.45) is 0 Å². The van der Waals surface area contributed by atoms with Crippen molar-refractivity contribution in [3.8, 4) is 5.82 Å². The van der Waals surface area contributed by atoms with Gasteiger partial charge in [0.1, 0.15) is 0 Å². The molecule has 3 aromatic rings. The molecule has 2 heterocycles. The van der Waals surface area contributed by atoms with E-state index in [1.54, 1.807) is 36.8 Å². The third kappa shape index (κ3) is 4.88. The Labute approximate surface area is 173 Å². The summed E-state index contributed by atoms with van der Waals surface area (Å²) in [6.07, 6.45) is 4.82. The maximum absolute atomic E-state index is 12.7. The predicted molar refractivity (Wildman–Crippen MR) is 111 cm³/mol. The van der Waals surface area contributed by atoms with Crippen molar-refractivity contribution in [3.63, 3.8) is 0 Å². The van der Waals surface area contributed by atoms with E-state index in [2.05, 4.69) is 20.7 Å². The molecule has 11 heteroatoms. The Bertz CT molecular complexity index is 1140. The van der Waals surface area contributed by atoms with Crippen molar-refractivity contribution in [1.82, 2.24) is 19.1 Å². The lowest BCUT2D eigenvalue weighted by molar-refractivity contribution is -0.116. The van der Waals surface area contributed by atoms with Crippen LogP contribution in [0.4, 0.5) is 11.4 Å². The van der Waals surface area contributed by atoms with Crippen LogP contribution in [0, 0.1) is 0 Å². The molecular formula is C19H20N6O4S. The van der Waals surface area contributed by atoms with Gasteiger partial charge >= 0.3 is 0 Å². The second-order valence-corrected chi connectivity index (χ2v) is 8.38. The van der Waals surface area contributed by atoms with Crippen LogP contribution in [-0.4, -0.2) is 52.9 Å². The number of sulfonamides is 1. The number of pyridine rings is 1. The zero-order chi connectivity index (χ0) is 21.7. The lowest BCUT2D eigenvalue weighted by atomic mass is 10.3. The Hall–Kier alpha value is -3.57. The van der Waals surface area contributed by atoms with E-state index < -0.39 is 22.5 Å². The molecule has 10 nitrogen and oxygen atoms in total. The zero-order valence-electron chi connectivity index (χ0n) is 16.3. The summed E-state index contributed by atoms with van der Waals surface area (Å²) >= 11 is 0. The average Bonchev–Trinajstić information content (AvgIpc) is 3.23. The molecule has 0 radical (unpaired) electrons. The molecule has 0 aliphatic carbocycles. The quantitative estimate of drug-likeness (QED) is 0.587. The number of carbonyl (C=O) groups is 2. The van der Waals surface area contributed by atoms with E-state index in [0.717, 1.165) is 4.31 Å². The standard InChI is InChI=1S/C19H20N6O4S/c1-14(26)22-15-6-8-16(9-7-15)30(28,29)24(2)13-18(27)23-17-5-3-10-20-19(17)25-12-4-11-21-25/h3-12H,13H2,1-2H3,(H,22,26)(H,23,27). The van der Waals surface area contributed by atoms with E-state index in [-0.39, 0.29) is 10.8 Å². The largest absolute Gasteiger partial charge is 0.326 e. The highest BCUT2D eigenvalue weighted by Gasteiger charge is 2.23. The first-order valence-electron chi connectivity index (χ1n) is 8.86. The fourth-order valence-corrected chi connectivity index (χ4v) is 3.77. The molecule has 0 bridgehead atoms. The van der Waals surface area contributed by atoms with Crippen LogP contribution >= 0.6 is 0 Å². The summed E-state index contributed by atoms with van der Waals surface area (Å²) in [6, 6.07) is 10.7. The Morgan fingerprint density at radius 3 is 2.43 bits per heavy atom. The summed E-state index contributed by atoms with van der Waals surface area (Å²) in [7, 11) is -2.58. The zero-order valence-corrected chi connectivity index (χ0v) is 17.1. The fourth-order valence-electron chi connectivity index (χ4n) is 2.64. The Morgan fingerprint density at radius 1 is 1.07 bits per heavy atom. The molecule has 0 saturated carbocycles. The number of carbonyl (C=O) groups excluding carboxylic acids is 2. The van der Waals surface area contributed by atoms with Gasteiger partial charge in [0.05, 0.1) is 17.1 Å². The minimum absolute atomic E-state index is 0.00510. The van der Waals surface area contributed by atoms with Gasteiger partial charge in [-0.2, -0.15) is 9.40 Å². The molecule has 0 aliphatic rings. The monoisotopic (exact) mass is 428 g/mol. The first-order chi connectivity index (χ1) is 14.3. The molecule has 0 saturated heterocycles. The lowest BCUT2D eigenvalue weighted by Gasteiger charge is -2.17. The van der Waals surface area contributed by atoms with Gasteiger partial charge in [0.15, 0.2) is 5.82 Å². The highest BCUT2D eigenvalue weighted by atomic mass is 32.2. The number of anilines is 2. The maximum atomic E-state index is 12.7. The number of hydrogen-bond donors (Lipinski definition) is 2. The van der Waals surface area contributed by atoms with Gasteiger partial charge in [-0.1, -0.05) is 0 Å². The first-order valence-corrected chi connectivity index (χ1v) is 10.3. The van der Waals surface area contributed by atoms with Crippen molar-refractivity contribution in [3.05, 3.63) is 61.1 Å². The molecule has 30 heavy (non-hydrogen) atoms. The molecule has 2 amide bonds. The highest BCUT2D eigenvalue weighted by Crippen LogP contribution is 2.19. The first kappa shape index (κ1) is 21.1. The third-order valence-corrected chi connectivity index (χ3v) is 5.85. The van der Waals surface area contributed by atoms with Crippen LogP contribution < -0.4 is 10.6 Å². The van der Waals surface area contributed by atoms with E-state index in [1.165, 1.54) is 42.9 Å². The molecule has 0 aliphatic heterocycles. The molecule has 2 N–H and O–H groups in total. The van der Waals surface area contributed by atoms with Crippen LogP contribution in [0.1, 0.15) is 6.92 Å². The van der Waals surface area contributed by atoms with Crippen molar-refractivity contribution in [1.29, 1.82) is 0 Å². The van der Waals surface area contributed by atoms with E-state index in [0.29, 0.717) is 17.2 Å². The topological polar surface area (TPSA) is 126 Å². The van der Waals surface area contributed by atoms with Crippen LogP contribution in [0.15, 0.2) is 66.0 Å². The third-order valence-electron chi connectivity index (χ3n) is 4.03. The molecule has 156 valence electrons. The molecular weight excluding hydrogens is 408 g/mol. The Balaban J connectivity index is 1.70. The number of amides is 2. The molecule has 0 atom stereocenters. The summed E-state index contributed by atoms with van der Waals surface area (Å²) in [5.41, 5.74) is 0.876. The summed E-state index contributed by atoms with van der Waals surface area (Å²) in [5, 5.41) is 9.32. The fraction of sp³-hybridized carbons (Fsp3) is 0.158. The van der Waals surface area contributed by atoms with Crippen molar-refractivity contribution in [2.75, 3.05) is 24.2 Å². The van der Waals surface area contributed by atoms with E-state index in [1.807, 2.05) is 0 Å². The van der Waals surface area contributed by atoms with Crippen molar-refractivity contribution >= 4 is 33.2 Å². The van der Waals surface area contributed by atoms with Gasteiger partial charge in [0, 0.05) is 38.2 Å². The normalized spacial score (nSPS) is 11.3. The number of nitrogens with zero attached hydrogens (tertiary/aromatic N) is 4. The smallest absolute Gasteiger partial charge is 0.243 e. The summed E-state index contributed by atoms with van der Waals surface area (Å²) < 4.78 is 27.9. The van der Waals surface area contributed by atoms with Gasteiger partial charge in [-0.25, -0.2) is 18.1 Å². The van der Waals surface area contributed by atoms with Crippen LogP contribution in [-0.2, 0) is 19.6 Å². The maximum Gasteiger partial charge on any atom is 0.243 e. The van der Waals surface area contributed by atoms with E-state index in [9.17, 15) is 18.0 Å². The number of hydrogen-bond acceptors (Lipinski definition) is 6. The average molecular weight is 428 g/mol. The van der Waals surface area contributed by atoms with Crippen LogP contribution in [0.5, 0.6) is 0 Å². The van der Waals surface area contributed by atoms with Crippen LogP contribution in [0.2, 0.25) is 0 Å². The van der Waals surface area contributed by atoms with Gasteiger partial charge in [-0.3, -0.25) is 9.59 Å². The molecule has 0 unspecified atom stereocenters. The lowest BCUT2D eigenvalue weighted by Crippen LogP contribution is -2.35. The molecule has 1 aromatic carbocycles. The van der Waals surface area contributed by atoms with Gasteiger partial charge in [-0.05, 0) is 42.5 Å². The summed E-state index contributed by atoms with van der Waals surface area (Å²) in [5.74, 6) is -0.378. The van der Waals surface area contributed by atoms with Gasteiger partial charge in [0.2, 0.25) is 21.8 Å². The molecule has 0 fully saturated rings. The van der Waals surface area contributed by atoms with Gasteiger partial charge in [0.25, 0.3) is 0 Å². The number of likely N-dealkylation sites (N-methyl/N-ethyl adjacent to an activating group) is 1. The van der Waals surface area contributed by atoms with Crippen LogP contribution in [0.25, 0.3) is 5.82 Å². The second-order valence-electron chi connectivity index (χ2n) is 6.34. The Kier molecular flexibility index (Phi) is 6.23. The van der Waals surface area contributed by atoms with E-state index in [4.69, 9.17) is 0 Å². The minimum atomic E-state index is -3.90. The highest BCUT2D eigenvalue weighted by molar-refractivity contribution is 7.89. The molecule has 2 aromatic heterocycles. The van der Waals surface area contributed by atoms with Crippen molar-refractivity contribution in [2.45, 2.75) is 11.8 Å². The van der Waals surface area contributed by atoms with E-state index >= 15 is 0 Å². The SMILES string of the molecule is CC(=O)Nc1ccc(S(=O)(=O)N(C)CC(=O)Nc2cccnc2-n2cccn2)cc1. The van der Waals surface area contributed by atoms with Gasteiger partial charge in [-0.15, -0.1) is 0 Å². The van der Waals surface area contributed by atoms with Crippen LogP contribution in [0.3, 0.4) is 0 Å². The number of benzene rings is 1. The summed E-state index contributed by atoms with van der Waals surface area (Å²) in [6.45, 7) is 0.959. The predicted octanol–water partition coefficient (Wildman–Crippen LogP) is 1.48. The second kappa shape index (κ2) is 8.84.